The average Bonchev–Trinajstić information content (AvgIpc) is 2.84. The number of fused-ring (bicyclic) bond motifs is 1. The second kappa shape index (κ2) is 5.75. The van der Waals surface area contributed by atoms with Crippen LogP contribution in [0, 0.1) is 0 Å². The molecule has 6 heteroatoms. The van der Waals surface area contributed by atoms with Crippen LogP contribution in [0.3, 0.4) is 0 Å². The van der Waals surface area contributed by atoms with Gasteiger partial charge in [0.1, 0.15) is 5.69 Å². The second-order valence-electron chi connectivity index (χ2n) is 4.23. The highest BCUT2D eigenvalue weighted by atomic mass is 16.5. The van der Waals surface area contributed by atoms with Crippen LogP contribution in [0.25, 0.3) is 10.9 Å². The molecule has 0 amide bonds. The van der Waals surface area contributed by atoms with E-state index in [-0.39, 0.29) is 12.2 Å². The molecule has 0 radical (unpaired) electrons. The van der Waals surface area contributed by atoms with Gasteiger partial charge >= 0.3 is 11.9 Å². The molecule has 106 valence electrons. The summed E-state index contributed by atoms with van der Waals surface area (Å²) in [5, 5.41) is 10.6. The summed E-state index contributed by atoms with van der Waals surface area (Å²) in [7, 11) is 2.47. The molecule has 1 heterocycles. The summed E-state index contributed by atoms with van der Waals surface area (Å²) < 4.78 is 10.7. The summed E-state index contributed by atoms with van der Waals surface area (Å²) in [4.78, 5) is 23.1. The third kappa shape index (κ3) is 2.50. The number of carbonyl (C=O) groups is 2. The number of rotatable bonds is 4. The van der Waals surface area contributed by atoms with Crippen molar-refractivity contribution in [1.82, 2.24) is 4.57 Å². The van der Waals surface area contributed by atoms with Crippen molar-refractivity contribution < 1.29 is 24.2 Å². The predicted octanol–water partition coefficient (Wildman–Crippen LogP) is 0.962. The van der Waals surface area contributed by atoms with Crippen LogP contribution in [0.1, 0.15) is 10.5 Å². The van der Waals surface area contributed by atoms with Gasteiger partial charge in [0.05, 0.1) is 20.8 Å². The monoisotopic (exact) mass is 277 g/mol. The quantitative estimate of drug-likeness (QED) is 0.842. The molecule has 1 aromatic heterocycles. The molecule has 1 unspecified atom stereocenters. The molecule has 0 bridgehead atoms. The van der Waals surface area contributed by atoms with E-state index in [0.29, 0.717) is 0 Å². The summed E-state index contributed by atoms with van der Waals surface area (Å²) in [5.41, 5.74) is 1.01. The molecule has 0 spiro atoms. The number of benzene rings is 1. The number of hydrogen-bond acceptors (Lipinski definition) is 5. The van der Waals surface area contributed by atoms with Crippen molar-refractivity contribution in [3.05, 3.63) is 36.0 Å². The third-order valence-corrected chi connectivity index (χ3v) is 3.03. The number of aliphatic hydroxyl groups excluding tert-OH is 1. The first-order valence-electron chi connectivity index (χ1n) is 6.01. The van der Waals surface area contributed by atoms with Crippen LogP contribution >= 0.6 is 0 Å². The molecule has 0 aliphatic rings. The van der Waals surface area contributed by atoms with E-state index >= 15 is 0 Å². The maximum atomic E-state index is 11.8. The molecule has 0 saturated carbocycles. The number of aromatic nitrogens is 1. The van der Waals surface area contributed by atoms with Crippen molar-refractivity contribution in [3.63, 3.8) is 0 Å². The molecular formula is C14H15NO5. The van der Waals surface area contributed by atoms with E-state index in [0.717, 1.165) is 10.9 Å². The molecule has 0 aliphatic heterocycles. The Hall–Kier alpha value is -2.34. The van der Waals surface area contributed by atoms with Crippen LogP contribution in [-0.2, 0) is 20.8 Å². The van der Waals surface area contributed by atoms with Crippen molar-refractivity contribution in [2.45, 2.75) is 12.6 Å². The van der Waals surface area contributed by atoms with Crippen molar-refractivity contribution in [2.75, 3.05) is 14.2 Å². The first-order chi connectivity index (χ1) is 9.58. The normalized spacial score (nSPS) is 12.2. The topological polar surface area (TPSA) is 77.8 Å². The number of esters is 2. The predicted molar refractivity (Wildman–Crippen MR) is 71.3 cm³/mol. The van der Waals surface area contributed by atoms with Crippen LogP contribution < -0.4 is 0 Å². The van der Waals surface area contributed by atoms with E-state index in [1.165, 1.54) is 14.2 Å². The number of ether oxygens (including phenoxy) is 2. The van der Waals surface area contributed by atoms with Crippen LogP contribution in [0.15, 0.2) is 30.3 Å². The minimum atomic E-state index is -1.35. The highest BCUT2D eigenvalue weighted by Gasteiger charge is 2.22. The lowest BCUT2D eigenvalue weighted by molar-refractivity contribution is -0.151. The third-order valence-electron chi connectivity index (χ3n) is 3.03. The van der Waals surface area contributed by atoms with Gasteiger partial charge in [0.25, 0.3) is 0 Å². The Labute approximate surface area is 115 Å². The van der Waals surface area contributed by atoms with Gasteiger partial charge in [-0.25, -0.2) is 9.59 Å². The molecule has 20 heavy (non-hydrogen) atoms. The average molecular weight is 277 g/mol. The van der Waals surface area contributed by atoms with Gasteiger partial charge in [-0.05, 0) is 12.1 Å². The molecule has 2 rings (SSSR count). The molecule has 6 nitrogen and oxygen atoms in total. The highest BCUT2D eigenvalue weighted by Crippen LogP contribution is 2.21. The largest absolute Gasteiger partial charge is 0.467 e. The summed E-state index contributed by atoms with van der Waals surface area (Å²) in [6.07, 6.45) is -1.35. The number of para-hydroxylation sites is 1. The lowest BCUT2D eigenvalue weighted by Gasteiger charge is -2.13. The summed E-state index contributed by atoms with van der Waals surface area (Å²) >= 11 is 0. The van der Waals surface area contributed by atoms with Gasteiger partial charge in [-0.1, -0.05) is 18.2 Å². The number of aliphatic hydroxyl groups is 1. The maximum absolute atomic E-state index is 11.8. The Morgan fingerprint density at radius 2 is 1.95 bits per heavy atom. The van der Waals surface area contributed by atoms with Crippen molar-refractivity contribution in [1.29, 1.82) is 0 Å². The molecule has 1 N–H and O–H groups in total. The SMILES string of the molecule is COC(=O)c1cc2ccccc2n1CC(O)C(=O)OC. The lowest BCUT2D eigenvalue weighted by atomic mass is 10.2. The fraction of sp³-hybridized carbons (Fsp3) is 0.286. The molecule has 2 aromatic rings. The Morgan fingerprint density at radius 1 is 1.25 bits per heavy atom. The lowest BCUT2D eigenvalue weighted by Crippen LogP contribution is -2.28. The van der Waals surface area contributed by atoms with E-state index in [4.69, 9.17) is 4.74 Å². The first-order valence-corrected chi connectivity index (χ1v) is 6.01. The number of carbonyl (C=O) groups excluding carboxylic acids is 2. The standard InChI is InChI=1S/C14H15NO5/c1-19-13(17)11-7-9-5-3-4-6-10(9)15(11)8-12(16)14(18)20-2/h3-7,12,16H,8H2,1-2H3. The van der Waals surface area contributed by atoms with Gasteiger partial charge in [0.15, 0.2) is 6.10 Å². The minimum Gasteiger partial charge on any atom is -0.467 e. The number of hydrogen-bond donors (Lipinski definition) is 1. The van der Waals surface area contributed by atoms with Crippen molar-refractivity contribution in [3.8, 4) is 0 Å². The second-order valence-corrected chi connectivity index (χ2v) is 4.23. The zero-order valence-corrected chi connectivity index (χ0v) is 11.2. The van der Waals surface area contributed by atoms with E-state index in [1.807, 2.05) is 18.2 Å². The maximum Gasteiger partial charge on any atom is 0.354 e. The Kier molecular flexibility index (Phi) is 4.05. The van der Waals surface area contributed by atoms with Gasteiger partial charge in [-0.15, -0.1) is 0 Å². The van der Waals surface area contributed by atoms with E-state index < -0.39 is 18.0 Å². The van der Waals surface area contributed by atoms with Crippen LogP contribution in [-0.4, -0.2) is 41.9 Å². The Bertz CT molecular complexity index is 646. The van der Waals surface area contributed by atoms with Gasteiger partial charge in [0, 0.05) is 10.9 Å². The molecule has 0 saturated heterocycles. The molecule has 1 aromatic carbocycles. The number of methoxy groups -OCH3 is 2. The highest BCUT2D eigenvalue weighted by molar-refractivity contribution is 5.95. The number of nitrogens with zero attached hydrogens (tertiary/aromatic N) is 1. The fourth-order valence-electron chi connectivity index (χ4n) is 2.06. The summed E-state index contributed by atoms with van der Waals surface area (Å²) in [6, 6.07) is 8.94. The van der Waals surface area contributed by atoms with E-state index in [2.05, 4.69) is 4.74 Å². The van der Waals surface area contributed by atoms with Crippen LogP contribution in [0.2, 0.25) is 0 Å². The summed E-state index contributed by atoms with van der Waals surface area (Å²) in [6.45, 7) is -0.0788. The molecule has 0 fully saturated rings. The molecular weight excluding hydrogens is 262 g/mol. The van der Waals surface area contributed by atoms with Gasteiger partial charge < -0.3 is 19.1 Å². The van der Waals surface area contributed by atoms with Crippen LogP contribution in [0.4, 0.5) is 0 Å². The Morgan fingerprint density at radius 3 is 2.60 bits per heavy atom. The van der Waals surface area contributed by atoms with Gasteiger partial charge in [-0.3, -0.25) is 0 Å². The van der Waals surface area contributed by atoms with E-state index in [1.54, 1.807) is 16.7 Å². The zero-order chi connectivity index (χ0) is 14.7. The van der Waals surface area contributed by atoms with Crippen molar-refractivity contribution >= 4 is 22.8 Å². The van der Waals surface area contributed by atoms with Crippen LogP contribution in [0.5, 0.6) is 0 Å². The smallest absolute Gasteiger partial charge is 0.354 e. The van der Waals surface area contributed by atoms with Crippen molar-refractivity contribution in [2.24, 2.45) is 0 Å². The zero-order valence-electron chi connectivity index (χ0n) is 11.2. The first kappa shape index (κ1) is 14.1. The Balaban J connectivity index is 2.48. The summed E-state index contributed by atoms with van der Waals surface area (Å²) in [5.74, 6) is -1.28. The molecule has 1 atom stereocenters. The minimum absolute atomic E-state index is 0.0788. The molecule has 0 aliphatic carbocycles. The van der Waals surface area contributed by atoms with Gasteiger partial charge in [0.2, 0.25) is 0 Å². The fourth-order valence-corrected chi connectivity index (χ4v) is 2.06. The van der Waals surface area contributed by atoms with E-state index in [9.17, 15) is 14.7 Å². The van der Waals surface area contributed by atoms with Gasteiger partial charge in [-0.2, -0.15) is 0 Å².